The van der Waals surface area contributed by atoms with Gasteiger partial charge in [-0.15, -0.1) is 23.7 Å². The topological polar surface area (TPSA) is 15.3 Å². The van der Waals surface area contributed by atoms with Crippen LogP contribution in [0.15, 0.2) is 35.0 Å². The number of halogens is 1. The van der Waals surface area contributed by atoms with Crippen LogP contribution in [0.4, 0.5) is 17.1 Å². The average molecular weight is 281 g/mol. The van der Waals surface area contributed by atoms with E-state index in [-0.39, 0.29) is 12.4 Å². The molecule has 1 aromatic carbocycles. The third-order valence-corrected chi connectivity index (χ3v) is 3.90. The van der Waals surface area contributed by atoms with E-state index in [1.165, 1.54) is 22.6 Å². The molecule has 1 aliphatic heterocycles. The van der Waals surface area contributed by atoms with Crippen molar-refractivity contribution in [2.24, 2.45) is 0 Å². The summed E-state index contributed by atoms with van der Waals surface area (Å²) in [6.45, 7) is 4.23. The molecule has 0 fully saturated rings. The Kier molecular flexibility index (Phi) is 4.15. The van der Waals surface area contributed by atoms with Crippen molar-refractivity contribution in [1.82, 2.24) is 0 Å². The molecule has 1 N–H and O–H groups in total. The third kappa shape index (κ3) is 2.20. The van der Waals surface area contributed by atoms with Crippen molar-refractivity contribution in [3.8, 4) is 0 Å². The van der Waals surface area contributed by atoms with Gasteiger partial charge in [0.1, 0.15) is 0 Å². The van der Waals surface area contributed by atoms with E-state index in [1.54, 1.807) is 11.3 Å². The molecule has 4 heteroatoms. The number of thiophene rings is 1. The zero-order valence-corrected chi connectivity index (χ0v) is 12.0. The summed E-state index contributed by atoms with van der Waals surface area (Å²) < 4.78 is 0. The van der Waals surface area contributed by atoms with E-state index in [9.17, 15) is 0 Å². The molecule has 0 unspecified atom stereocenters. The van der Waals surface area contributed by atoms with Gasteiger partial charge in [-0.25, -0.2) is 0 Å². The Morgan fingerprint density at radius 2 is 2.06 bits per heavy atom. The first-order valence-corrected chi connectivity index (χ1v) is 7.00. The molecule has 0 atom stereocenters. The first kappa shape index (κ1) is 13.2. The van der Waals surface area contributed by atoms with Gasteiger partial charge in [-0.2, -0.15) is 0 Å². The lowest BCUT2D eigenvalue weighted by atomic mass is 10.2. The normalized spacial score (nSPS) is 12.8. The van der Waals surface area contributed by atoms with Crippen molar-refractivity contribution in [1.29, 1.82) is 0 Å². The van der Waals surface area contributed by atoms with Crippen LogP contribution in [0, 0.1) is 0 Å². The quantitative estimate of drug-likeness (QED) is 0.862. The van der Waals surface area contributed by atoms with Gasteiger partial charge in [0.2, 0.25) is 0 Å². The zero-order chi connectivity index (χ0) is 11.7. The minimum Gasteiger partial charge on any atom is -0.379 e. The summed E-state index contributed by atoms with van der Waals surface area (Å²) in [4.78, 5) is 2.43. The summed E-state index contributed by atoms with van der Waals surface area (Å²) in [5.41, 5.74) is 5.31. The predicted molar refractivity (Wildman–Crippen MR) is 82.6 cm³/mol. The van der Waals surface area contributed by atoms with Gasteiger partial charge in [-0.1, -0.05) is 19.1 Å². The van der Waals surface area contributed by atoms with Crippen LogP contribution in [0.2, 0.25) is 0 Å². The molecule has 18 heavy (non-hydrogen) atoms. The lowest BCUT2D eigenvalue weighted by Gasteiger charge is -2.24. The number of nitrogens with one attached hydrogen (secondary N) is 1. The van der Waals surface area contributed by atoms with E-state index in [2.05, 4.69) is 52.2 Å². The van der Waals surface area contributed by atoms with E-state index >= 15 is 0 Å². The number of nitrogens with zero attached hydrogens (tertiary/aromatic N) is 1. The minimum atomic E-state index is 0. The maximum Gasteiger partial charge on any atom is 0.0646 e. The largest absolute Gasteiger partial charge is 0.379 e. The second-order valence-corrected chi connectivity index (χ2v) is 5.05. The van der Waals surface area contributed by atoms with Crippen LogP contribution < -0.4 is 10.2 Å². The van der Waals surface area contributed by atoms with Crippen molar-refractivity contribution >= 4 is 40.8 Å². The molecule has 0 amide bonds. The number of anilines is 3. The third-order valence-electron chi connectivity index (χ3n) is 3.12. The van der Waals surface area contributed by atoms with Crippen LogP contribution in [-0.4, -0.2) is 6.54 Å². The molecule has 0 radical (unpaired) electrons. The van der Waals surface area contributed by atoms with Crippen molar-refractivity contribution in [2.45, 2.75) is 19.9 Å². The Morgan fingerprint density at radius 1 is 1.22 bits per heavy atom. The van der Waals surface area contributed by atoms with Gasteiger partial charge >= 0.3 is 0 Å². The lowest BCUT2D eigenvalue weighted by molar-refractivity contribution is 0.887. The first-order chi connectivity index (χ1) is 8.40. The van der Waals surface area contributed by atoms with E-state index in [0.29, 0.717) is 0 Å². The molecule has 2 aromatic rings. The molecule has 0 saturated heterocycles. The zero-order valence-electron chi connectivity index (χ0n) is 10.3. The molecule has 0 saturated carbocycles. The highest BCUT2D eigenvalue weighted by atomic mass is 35.5. The number of fused-ring (bicyclic) bond motifs is 2. The summed E-state index contributed by atoms with van der Waals surface area (Å²) in [6, 6.07) is 8.56. The van der Waals surface area contributed by atoms with Crippen molar-refractivity contribution in [3.63, 3.8) is 0 Å². The van der Waals surface area contributed by atoms with Crippen LogP contribution >= 0.6 is 23.7 Å². The van der Waals surface area contributed by atoms with Crippen LogP contribution in [0.3, 0.4) is 0 Å². The molecule has 1 aliphatic rings. The molecular weight excluding hydrogens is 264 g/mol. The second kappa shape index (κ2) is 5.63. The molecule has 0 bridgehead atoms. The van der Waals surface area contributed by atoms with Gasteiger partial charge in [-0.05, 0) is 23.9 Å². The van der Waals surface area contributed by atoms with Crippen LogP contribution in [-0.2, 0) is 6.54 Å². The average Bonchev–Trinajstić information content (AvgIpc) is 2.77. The molecular formula is C14H17ClN2S. The van der Waals surface area contributed by atoms with Gasteiger partial charge < -0.3 is 10.2 Å². The summed E-state index contributed by atoms with van der Waals surface area (Å²) in [5.74, 6) is 0. The predicted octanol–water partition coefficient (Wildman–Crippen LogP) is 4.64. The molecule has 1 aromatic heterocycles. The summed E-state index contributed by atoms with van der Waals surface area (Å²) in [7, 11) is 0. The number of benzene rings is 1. The highest BCUT2D eigenvalue weighted by molar-refractivity contribution is 7.08. The summed E-state index contributed by atoms with van der Waals surface area (Å²) in [5, 5.41) is 8.03. The van der Waals surface area contributed by atoms with Gasteiger partial charge in [-0.3, -0.25) is 0 Å². The fraction of sp³-hybridized carbons (Fsp3) is 0.286. The van der Waals surface area contributed by atoms with Crippen molar-refractivity contribution < 1.29 is 0 Å². The molecule has 0 spiro atoms. The van der Waals surface area contributed by atoms with Crippen LogP contribution in [0.25, 0.3) is 0 Å². The Labute approximate surface area is 118 Å². The van der Waals surface area contributed by atoms with Gasteiger partial charge in [0.15, 0.2) is 0 Å². The fourth-order valence-electron chi connectivity index (χ4n) is 2.33. The SMILES string of the molecule is CCCN1c2cscc2CNc2ccccc21.Cl. The number of rotatable bonds is 2. The molecule has 0 aliphatic carbocycles. The minimum absolute atomic E-state index is 0. The summed E-state index contributed by atoms with van der Waals surface area (Å²) in [6.07, 6.45) is 1.16. The molecule has 2 heterocycles. The Morgan fingerprint density at radius 3 is 2.89 bits per heavy atom. The van der Waals surface area contributed by atoms with E-state index in [4.69, 9.17) is 0 Å². The van der Waals surface area contributed by atoms with E-state index < -0.39 is 0 Å². The van der Waals surface area contributed by atoms with Crippen LogP contribution in [0.1, 0.15) is 18.9 Å². The summed E-state index contributed by atoms with van der Waals surface area (Å²) >= 11 is 1.79. The second-order valence-electron chi connectivity index (χ2n) is 4.30. The Hall–Kier alpha value is -1.19. The molecule has 96 valence electrons. The van der Waals surface area contributed by atoms with E-state index in [1.807, 2.05) is 0 Å². The van der Waals surface area contributed by atoms with Gasteiger partial charge in [0, 0.05) is 24.0 Å². The monoisotopic (exact) mass is 280 g/mol. The Bertz CT molecular complexity index is 524. The standard InChI is InChI=1S/C14H16N2S.ClH/c1-2-7-16-13-6-4-3-5-12(13)15-8-11-9-17-10-14(11)16;/h3-6,9-10,15H,2,7-8H2,1H3;1H. The smallest absolute Gasteiger partial charge is 0.0646 e. The van der Waals surface area contributed by atoms with E-state index in [0.717, 1.165) is 19.5 Å². The molecule has 3 rings (SSSR count). The highest BCUT2D eigenvalue weighted by Gasteiger charge is 2.19. The van der Waals surface area contributed by atoms with Gasteiger partial charge in [0.05, 0.1) is 17.1 Å². The number of para-hydroxylation sites is 2. The first-order valence-electron chi connectivity index (χ1n) is 6.05. The van der Waals surface area contributed by atoms with Crippen LogP contribution in [0.5, 0.6) is 0 Å². The Balaban J connectivity index is 0.00000120. The molecule has 2 nitrogen and oxygen atoms in total. The van der Waals surface area contributed by atoms with Gasteiger partial charge in [0.25, 0.3) is 0 Å². The number of hydrogen-bond acceptors (Lipinski definition) is 3. The maximum atomic E-state index is 3.52. The lowest BCUT2D eigenvalue weighted by Crippen LogP contribution is -2.17. The number of hydrogen-bond donors (Lipinski definition) is 1. The van der Waals surface area contributed by atoms with Crippen molar-refractivity contribution in [3.05, 3.63) is 40.6 Å². The van der Waals surface area contributed by atoms with Crippen molar-refractivity contribution in [2.75, 3.05) is 16.8 Å². The highest BCUT2D eigenvalue weighted by Crippen LogP contribution is 2.39. The maximum absolute atomic E-state index is 3.52. The fourth-order valence-corrected chi connectivity index (χ4v) is 3.17.